The lowest BCUT2D eigenvalue weighted by atomic mass is 10.1. The van der Waals surface area contributed by atoms with Crippen molar-refractivity contribution >= 4 is 16.8 Å². The lowest BCUT2D eigenvalue weighted by Crippen LogP contribution is -2.27. The molecular weight excluding hydrogens is 341 g/mol. The predicted octanol–water partition coefficient (Wildman–Crippen LogP) is 4.00. The molecule has 0 aliphatic heterocycles. The fourth-order valence-electron chi connectivity index (χ4n) is 3.23. The summed E-state index contributed by atoms with van der Waals surface area (Å²) in [5, 5.41) is 3.80. The minimum Gasteiger partial charge on any atom is -0.361 e. The molecule has 2 heterocycles. The molecule has 0 spiro atoms. The van der Waals surface area contributed by atoms with Crippen LogP contribution in [0.3, 0.4) is 0 Å². The monoisotopic (exact) mass is 361 g/mol. The van der Waals surface area contributed by atoms with Crippen LogP contribution in [0.25, 0.3) is 16.6 Å². The molecule has 0 saturated heterocycles. The Bertz CT molecular complexity index is 1050. The van der Waals surface area contributed by atoms with Gasteiger partial charge in [-0.25, -0.2) is 4.39 Å². The fourth-order valence-corrected chi connectivity index (χ4v) is 3.23. The minimum absolute atomic E-state index is 0.0188. The van der Waals surface area contributed by atoms with Gasteiger partial charge in [-0.2, -0.15) is 0 Å². The van der Waals surface area contributed by atoms with Gasteiger partial charge < -0.3 is 14.9 Å². The van der Waals surface area contributed by atoms with Crippen LogP contribution < -0.4 is 5.32 Å². The smallest absolute Gasteiger partial charge is 0.224 e. The van der Waals surface area contributed by atoms with Crippen molar-refractivity contribution in [3.05, 3.63) is 90.1 Å². The van der Waals surface area contributed by atoms with Gasteiger partial charge in [-0.1, -0.05) is 12.1 Å². The third-order valence-corrected chi connectivity index (χ3v) is 4.65. The molecule has 0 radical (unpaired) electrons. The molecule has 136 valence electrons. The van der Waals surface area contributed by atoms with Crippen LogP contribution in [0.15, 0.2) is 73.2 Å². The summed E-state index contributed by atoms with van der Waals surface area (Å²) in [6.07, 6.45) is 6.84. The van der Waals surface area contributed by atoms with Crippen LogP contribution in [0.1, 0.15) is 11.1 Å². The van der Waals surface area contributed by atoms with Crippen molar-refractivity contribution in [1.82, 2.24) is 14.9 Å². The van der Waals surface area contributed by atoms with E-state index in [9.17, 15) is 9.18 Å². The number of nitrogens with zero attached hydrogens (tertiary/aromatic N) is 1. The average molecular weight is 361 g/mol. The first-order valence-electron chi connectivity index (χ1n) is 8.93. The maximum Gasteiger partial charge on any atom is 0.224 e. The molecular formula is C22H20FN3O. The fraction of sp³-hybridized carbons (Fsp3) is 0.136. The van der Waals surface area contributed by atoms with Crippen LogP contribution in [-0.2, 0) is 17.6 Å². The third-order valence-electron chi connectivity index (χ3n) is 4.65. The maximum atomic E-state index is 13.4. The molecule has 4 rings (SSSR count). The van der Waals surface area contributed by atoms with Gasteiger partial charge in [0.2, 0.25) is 5.91 Å². The highest BCUT2D eigenvalue weighted by Crippen LogP contribution is 2.19. The molecule has 0 atom stereocenters. The lowest BCUT2D eigenvalue weighted by Gasteiger charge is -2.07. The summed E-state index contributed by atoms with van der Waals surface area (Å²) in [6, 6.07) is 16.6. The molecule has 0 aliphatic carbocycles. The highest BCUT2D eigenvalue weighted by molar-refractivity contribution is 5.83. The van der Waals surface area contributed by atoms with Gasteiger partial charge in [0.1, 0.15) is 5.82 Å². The number of hydrogen-bond donors (Lipinski definition) is 2. The van der Waals surface area contributed by atoms with Gasteiger partial charge in [0.05, 0.1) is 6.42 Å². The SMILES string of the molecule is O=C(Cc1ccc(-n2cccc2)cc1)NCCc1c[nH]c2ccc(F)cc12. The molecule has 1 amide bonds. The van der Waals surface area contributed by atoms with E-state index in [2.05, 4.69) is 10.3 Å². The van der Waals surface area contributed by atoms with E-state index in [0.29, 0.717) is 19.4 Å². The summed E-state index contributed by atoms with van der Waals surface area (Å²) in [4.78, 5) is 15.3. The van der Waals surface area contributed by atoms with E-state index >= 15 is 0 Å². The van der Waals surface area contributed by atoms with Crippen LogP contribution in [0.4, 0.5) is 4.39 Å². The van der Waals surface area contributed by atoms with Gasteiger partial charge in [-0.15, -0.1) is 0 Å². The van der Waals surface area contributed by atoms with Crippen molar-refractivity contribution in [2.24, 2.45) is 0 Å². The number of H-pyrrole nitrogens is 1. The molecule has 5 heteroatoms. The van der Waals surface area contributed by atoms with E-state index in [0.717, 1.165) is 27.7 Å². The number of carbonyl (C=O) groups is 1. The number of rotatable bonds is 6. The summed E-state index contributed by atoms with van der Waals surface area (Å²) in [6.45, 7) is 0.518. The molecule has 0 bridgehead atoms. The van der Waals surface area contributed by atoms with Crippen LogP contribution in [0, 0.1) is 5.82 Å². The Morgan fingerprint density at radius 1 is 1.07 bits per heavy atom. The molecule has 2 N–H and O–H groups in total. The largest absolute Gasteiger partial charge is 0.361 e. The first-order chi connectivity index (χ1) is 13.2. The summed E-state index contributed by atoms with van der Waals surface area (Å²) >= 11 is 0. The number of carbonyl (C=O) groups excluding carboxylic acids is 1. The topological polar surface area (TPSA) is 49.8 Å². The van der Waals surface area contributed by atoms with Gasteiger partial charge in [0, 0.05) is 41.7 Å². The zero-order valence-corrected chi connectivity index (χ0v) is 14.8. The van der Waals surface area contributed by atoms with Crippen molar-refractivity contribution in [2.75, 3.05) is 6.54 Å². The standard InChI is InChI=1S/C22H20FN3O/c23-18-5-8-21-20(14-18)17(15-25-21)9-10-24-22(27)13-16-3-6-19(7-4-16)26-11-1-2-12-26/h1-8,11-12,14-15,25H,9-10,13H2,(H,24,27). The molecule has 4 nitrogen and oxygen atoms in total. The Labute approximate surface area is 156 Å². The second-order valence-corrected chi connectivity index (χ2v) is 6.54. The zero-order chi connectivity index (χ0) is 18.6. The van der Waals surface area contributed by atoms with E-state index in [1.807, 2.05) is 59.6 Å². The summed E-state index contributed by atoms with van der Waals surface area (Å²) < 4.78 is 15.4. The van der Waals surface area contributed by atoms with Gasteiger partial charge in [0.15, 0.2) is 0 Å². The molecule has 0 aliphatic rings. The van der Waals surface area contributed by atoms with Gasteiger partial charge in [-0.3, -0.25) is 4.79 Å². The number of aromatic amines is 1. The molecule has 0 saturated carbocycles. The van der Waals surface area contributed by atoms with E-state index < -0.39 is 0 Å². The summed E-state index contributed by atoms with van der Waals surface area (Å²) in [5.74, 6) is -0.273. The average Bonchev–Trinajstić information content (AvgIpc) is 3.33. The first-order valence-corrected chi connectivity index (χ1v) is 8.93. The van der Waals surface area contributed by atoms with Gasteiger partial charge in [0.25, 0.3) is 0 Å². The van der Waals surface area contributed by atoms with E-state index in [1.165, 1.54) is 12.1 Å². The molecule has 2 aromatic carbocycles. The number of aromatic nitrogens is 2. The van der Waals surface area contributed by atoms with Crippen molar-refractivity contribution in [1.29, 1.82) is 0 Å². The lowest BCUT2D eigenvalue weighted by molar-refractivity contribution is -0.120. The molecule has 4 aromatic rings. The number of fused-ring (bicyclic) bond motifs is 1. The number of nitrogens with one attached hydrogen (secondary N) is 2. The van der Waals surface area contributed by atoms with E-state index in [1.54, 1.807) is 6.07 Å². The Morgan fingerprint density at radius 3 is 2.63 bits per heavy atom. The Balaban J connectivity index is 1.31. The summed E-state index contributed by atoms with van der Waals surface area (Å²) in [7, 11) is 0. The number of halogens is 1. The Morgan fingerprint density at radius 2 is 1.85 bits per heavy atom. The van der Waals surface area contributed by atoms with Crippen molar-refractivity contribution in [3.8, 4) is 5.69 Å². The van der Waals surface area contributed by atoms with E-state index in [4.69, 9.17) is 0 Å². The van der Waals surface area contributed by atoms with Crippen molar-refractivity contribution in [3.63, 3.8) is 0 Å². The minimum atomic E-state index is -0.254. The van der Waals surface area contributed by atoms with E-state index in [-0.39, 0.29) is 11.7 Å². The molecule has 0 unspecified atom stereocenters. The Hall–Kier alpha value is -3.34. The zero-order valence-electron chi connectivity index (χ0n) is 14.8. The van der Waals surface area contributed by atoms with Crippen LogP contribution in [0.5, 0.6) is 0 Å². The molecule has 27 heavy (non-hydrogen) atoms. The second-order valence-electron chi connectivity index (χ2n) is 6.54. The molecule has 0 fully saturated rings. The third kappa shape index (κ3) is 3.92. The number of hydrogen-bond acceptors (Lipinski definition) is 1. The van der Waals surface area contributed by atoms with Crippen molar-refractivity contribution < 1.29 is 9.18 Å². The van der Waals surface area contributed by atoms with Gasteiger partial charge >= 0.3 is 0 Å². The summed E-state index contributed by atoms with van der Waals surface area (Å²) in [5.41, 5.74) is 3.94. The van der Waals surface area contributed by atoms with Gasteiger partial charge in [-0.05, 0) is 60.0 Å². The Kier molecular flexibility index (Phi) is 4.75. The van der Waals surface area contributed by atoms with Crippen LogP contribution in [0.2, 0.25) is 0 Å². The van der Waals surface area contributed by atoms with Crippen LogP contribution in [-0.4, -0.2) is 22.0 Å². The second kappa shape index (κ2) is 7.50. The first kappa shape index (κ1) is 17.1. The van der Waals surface area contributed by atoms with Crippen LogP contribution >= 0.6 is 0 Å². The number of amides is 1. The predicted molar refractivity (Wildman–Crippen MR) is 104 cm³/mol. The quantitative estimate of drug-likeness (QED) is 0.536. The van der Waals surface area contributed by atoms with Crippen molar-refractivity contribution in [2.45, 2.75) is 12.8 Å². The highest BCUT2D eigenvalue weighted by Gasteiger charge is 2.07. The number of benzene rings is 2. The maximum absolute atomic E-state index is 13.4. The normalized spacial score (nSPS) is 11.0. The highest BCUT2D eigenvalue weighted by atomic mass is 19.1. The molecule has 2 aromatic heterocycles.